The van der Waals surface area contributed by atoms with Crippen molar-refractivity contribution in [1.29, 1.82) is 0 Å². The monoisotopic (exact) mass is 289 g/mol. The summed E-state index contributed by atoms with van der Waals surface area (Å²) in [6, 6.07) is 6.39. The maximum Gasteiger partial charge on any atom is 0.259 e. The van der Waals surface area contributed by atoms with Crippen molar-refractivity contribution >= 4 is 21.8 Å². The number of benzene rings is 1. The van der Waals surface area contributed by atoms with Gasteiger partial charge in [0.1, 0.15) is 5.82 Å². The number of carbonyl (C=O) groups is 1. The second-order valence-corrected chi connectivity index (χ2v) is 4.39. The van der Waals surface area contributed by atoms with Crippen molar-refractivity contribution < 1.29 is 14.0 Å². The summed E-state index contributed by atoms with van der Waals surface area (Å²) < 4.78 is 13.3. The highest BCUT2D eigenvalue weighted by Crippen LogP contribution is 2.15. The molecule has 0 aliphatic carbocycles. The Bertz CT molecular complexity index is 373. The van der Waals surface area contributed by atoms with Crippen LogP contribution in [-0.4, -0.2) is 30.0 Å². The van der Waals surface area contributed by atoms with Crippen molar-refractivity contribution in [3.8, 4) is 0 Å². The van der Waals surface area contributed by atoms with Crippen LogP contribution >= 0.6 is 15.9 Å². The van der Waals surface area contributed by atoms with Crippen LogP contribution in [0.1, 0.15) is 5.56 Å². The molecule has 5 heteroatoms. The first kappa shape index (κ1) is 13.1. The minimum atomic E-state index is -0.491. The summed E-state index contributed by atoms with van der Waals surface area (Å²) in [6.07, 6.45) is 0.291. The lowest BCUT2D eigenvalue weighted by molar-refractivity contribution is -0.167. The first-order valence-corrected chi connectivity index (χ1v) is 5.67. The van der Waals surface area contributed by atoms with E-state index in [0.29, 0.717) is 12.0 Å². The Morgan fingerprint density at radius 2 is 2.19 bits per heavy atom. The van der Waals surface area contributed by atoms with Crippen molar-refractivity contribution in [3.63, 3.8) is 0 Å². The number of rotatable bonds is 4. The van der Waals surface area contributed by atoms with Crippen LogP contribution in [0.2, 0.25) is 0 Å². The molecule has 1 rings (SSSR count). The van der Waals surface area contributed by atoms with Crippen molar-refractivity contribution in [2.24, 2.45) is 0 Å². The van der Waals surface area contributed by atoms with Crippen molar-refractivity contribution in [2.75, 3.05) is 14.2 Å². The van der Waals surface area contributed by atoms with E-state index in [1.165, 1.54) is 20.2 Å². The first-order chi connectivity index (χ1) is 7.56. The van der Waals surface area contributed by atoms with Gasteiger partial charge in [0.05, 0.1) is 11.9 Å². The Balaban J connectivity index is 2.68. The Labute approximate surface area is 102 Å². The standard InChI is InChI=1S/C11H13BrFNO2/c1-14(16-2)11(15)9(12)7-8-5-3-4-6-10(8)13/h3-6,9H,7H2,1-2H3. The number of hydrogen-bond donors (Lipinski definition) is 0. The molecule has 16 heavy (non-hydrogen) atoms. The summed E-state index contributed by atoms with van der Waals surface area (Å²) in [5.41, 5.74) is 0.502. The molecule has 0 bridgehead atoms. The van der Waals surface area contributed by atoms with Gasteiger partial charge in [-0.25, -0.2) is 9.45 Å². The lowest BCUT2D eigenvalue weighted by Crippen LogP contribution is -2.33. The zero-order chi connectivity index (χ0) is 12.1. The van der Waals surface area contributed by atoms with E-state index in [1.807, 2.05) is 0 Å². The molecule has 0 radical (unpaired) electrons. The second-order valence-electron chi connectivity index (χ2n) is 3.28. The summed E-state index contributed by atoms with van der Waals surface area (Å²) in [5.74, 6) is -0.550. The molecule has 3 nitrogen and oxygen atoms in total. The molecular formula is C11H13BrFNO2. The van der Waals surface area contributed by atoms with Crippen LogP contribution in [0.25, 0.3) is 0 Å². The summed E-state index contributed by atoms with van der Waals surface area (Å²) in [6.45, 7) is 0. The van der Waals surface area contributed by atoms with E-state index in [9.17, 15) is 9.18 Å². The zero-order valence-electron chi connectivity index (χ0n) is 9.11. The lowest BCUT2D eigenvalue weighted by atomic mass is 10.1. The Kier molecular flexibility index (Phi) is 4.89. The molecule has 0 aliphatic heterocycles. The largest absolute Gasteiger partial charge is 0.275 e. The quantitative estimate of drug-likeness (QED) is 0.628. The van der Waals surface area contributed by atoms with Gasteiger partial charge in [-0.1, -0.05) is 34.1 Å². The number of amides is 1. The lowest BCUT2D eigenvalue weighted by Gasteiger charge is -2.17. The fourth-order valence-electron chi connectivity index (χ4n) is 1.23. The molecule has 0 heterocycles. The van der Waals surface area contributed by atoms with Crippen molar-refractivity contribution in [2.45, 2.75) is 11.2 Å². The molecule has 0 saturated heterocycles. The predicted molar refractivity (Wildman–Crippen MR) is 62.6 cm³/mol. The van der Waals surface area contributed by atoms with E-state index in [4.69, 9.17) is 4.84 Å². The molecule has 1 atom stereocenters. The third-order valence-corrected chi connectivity index (χ3v) is 2.92. The number of hydrogen-bond acceptors (Lipinski definition) is 2. The number of nitrogens with zero attached hydrogens (tertiary/aromatic N) is 1. The summed E-state index contributed by atoms with van der Waals surface area (Å²) in [7, 11) is 2.92. The maximum atomic E-state index is 13.3. The molecule has 0 aliphatic rings. The highest BCUT2D eigenvalue weighted by molar-refractivity contribution is 9.10. The molecule has 0 saturated carbocycles. The van der Waals surface area contributed by atoms with Crippen LogP contribution in [-0.2, 0) is 16.1 Å². The summed E-state index contributed by atoms with van der Waals surface area (Å²) in [5, 5.41) is 1.11. The normalized spacial score (nSPS) is 12.2. The van der Waals surface area contributed by atoms with Gasteiger partial charge >= 0.3 is 0 Å². The number of carbonyl (C=O) groups excluding carboxylic acids is 1. The molecule has 0 spiro atoms. The van der Waals surface area contributed by atoms with E-state index in [0.717, 1.165) is 5.06 Å². The van der Waals surface area contributed by atoms with Crippen LogP contribution in [0, 0.1) is 5.82 Å². The topological polar surface area (TPSA) is 29.5 Å². The van der Waals surface area contributed by atoms with Gasteiger partial charge in [0, 0.05) is 7.05 Å². The first-order valence-electron chi connectivity index (χ1n) is 4.75. The number of alkyl halides is 1. The Hall–Kier alpha value is -0.940. The minimum Gasteiger partial charge on any atom is -0.275 e. The van der Waals surface area contributed by atoms with Gasteiger partial charge < -0.3 is 0 Å². The van der Waals surface area contributed by atoms with Gasteiger partial charge in [-0.3, -0.25) is 9.63 Å². The average Bonchev–Trinajstić information content (AvgIpc) is 2.30. The average molecular weight is 290 g/mol. The zero-order valence-corrected chi connectivity index (χ0v) is 10.7. The van der Waals surface area contributed by atoms with E-state index in [2.05, 4.69) is 15.9 Å². The van der Waals surface area contributed by atoms with Crippen LogP contribution in [0.4, 0.5) is 4.39 Å². The fourth-order valence-corrected chi connectivity index (χ4v) is 1.87. The molecule has 1 unspecified atom stereocenters. The van der Waals surface area contributed by atoms with Crippen LogP contribution < -0.4 is 0 Å². The molecule has 1 aromatic carbocycles. The fraction of sp³-hybridized carbons (Fsp3) is 0.364. The van der Waals surface area contributed by atoms with Gasteiger partial charge in [0.2, 0.25) is 0 Å². The minimum absolute atomic E-state index is 0.245. The molecule has 88 valence electrons. The maximum absolute atomic E-state index is 13.3. The highest BCUT2D eigenvalue weighted by Gasteiger charge is 2.20. The van der Waals surface area contributed by atoms with E-state index in [-0.39, 0.29) is 11.7 Å². The van der Waals surface area contributed by atoms with Gasteiger partial charge in [-0.05, 0) is 18.1 Å². The molecular weight excluding hydrogens is 277 g/mol. The molecule has 1 amide bonds. The van der Waals surface area contributed by atoms with Crippen LogP contribution in [0.5, 0.6) is 0 Å². The van der Waals surface area contributed by atoms with Gasteiger partial charge in [0.15, 0.2) is 0 Å². The SMILES string of the molecule is CON(C)C(=O)C(Br)Cc1ccccc1F. The van der Waals surface area contributed by atoms with Gasteiger partial charge in [-0.15, -0.1) is 0 Å². The smallest absolute Gasteiger partial charge is 0.259 e. The second kappa shape index (κ2) is 5.96. The van der Waals surface area contributed by atoms with Crippen LogP contribution in [0.15, 0.2) is 24.3 Å². The number of halogens is 2. The Morgan fingerprint density at radius 3 is 2.75 bits per heavy atom. The molecule has 0 aromatic heterocycles. The summed E-state index contributed by atoms with van der Waals surface area (Å²) in [4.78, 5) is 15.9. The highest BCUT2D eigenvalue weighted by atomic mass is 79.9. The third kappa shape index (κ3) is 3.28. The van der Waals surface area contributed by atoms with Crippen LogP contribution in [0.3, 0.4) is 0 Å². The Morgan fingerprint density at radius 1 is 1.56 bits per heavy atom. The van der Waals surface area contributed by atoms with E-state index >= 15 is 0 Å². The molecule has 0 fully saturated rings. The van der Waals surface area contributed by atoms with Crippen molar-refractivity contribution in [3.05, 3.63) is 35.6 Å². The number of hydroxylamine groups is 2. The van der Waals surface area contributed by atoms with Gasteiger partial charge in [-0.2, -0.15) is 0 Å². The molecule has 1 aromatic rings. The molecule has 0 N–H and O–H groups in total. The van der Waals surface area contributed by atoms with E-state index < -0.39 is 4.83 Å². The third-order valence-electron chi connectivity index (χ3n) is 2.21. The van der Waals surface area contributed by atoms with Gasteiger partial charge in [0.25, 0.3) is 5.91 Å². The van der Waals surface area contributed by atoms with E-state index in [1.54, 1.807) is 18.2 Å². The predicted octanol–water partition coefficient (Wildman–Crippen LogP) is 2.15. The summed E-state index contributed by atoms with van der Waals surface area (Å²) >= 11 is 3.22. The van der Waals surface area contributed by atoms with Crippen molar-refractivity contribution in [1.82, 2.24) is 5.06 Å².